The fourth-order valence-corrected chi connectivity index (χ4v) is 2.86. The Morgan fingerprint density at radius 1 is 1.20 bits per heavy atom. The lowest BCUT2D eigenvalue weighted by atomic mass is 10.1. The fourth-order valence-electron chi connectivity index (χ4n) is 2.86. The predicted octanol–water partition coefficient (Wildman–Crippen LogP) is 3.19. The molecular weight excluding hydrogens is 324 g/mol. The monoisotopic (exact) mass is 338 g/mol. The molecule has 7 nitrogen and oxygen atoms in total. The molecule has 25 heavy (non-hydrogen) atoms. The Kier molecular flexibility index (Phi) is 4.06. The quantitative estimate of drug-likeness (QED) is 0.487. The topological polar surface area (TPSA) is 89.8 Å². The van der Waals surface area contributed by atoms with Crippen molar-refractivity contribution in [3.8, 4) is 5.75 Å². The van der Waals surface area contributed by atoms with Crippen LogP contribution >= 0.6 is 0 Å². The number of fused-ring (bicyclic) bond motifs is 1. The number of carbonyl (C=O) groups excluding carboxylic acids is 2. The van der Waals surface area contributed by atoms with Crippen molar-refractivity contribution >= 4 is 29.1 Å². The van der Waals surface area contributed by atoms with Gasteiger partial charge in [-0.2, -0.15) is 0 Å². The molecule has 0 radical (unpaired) electrons. The SMILES string of the molecule is COc1cccc(C=C2C(=O)c3ccccc3N2C(C)=O)c1[N+](=O)[O-]. The molecule has 1 heterocycles. The Labute approximate surface area is 143 Å². The van der Waals surface area contributed by atoms with Crippen molar-refractivity contribution in [2.24, 2.45) is 0 Å². The van der Waals surface area contributed by atoms with E-state index in [1.54, 1.807) is 30.3 Å². The molecule has 7 heteroatoms. The molecule has 0 spiro atoms. The van der Waals surface area contributed by atoms with Crippen molar-refractivity contribution < 1.29 is 19.2 Å². The maximum absolute atomic E-state index is 12.7. The van der Waals surface area contributed by atoms with Crippen molar-refractivity contribution in [1.29, 1.82) is 0 Å². The minimum Gasteiger partial charge on any atom is -0.490 e. The summed E-state index contributed by atoms with van der Waals surface area (Å²) in [5.74, 6) is -0.630. The van der Waals surface area contributed by atoms with Crippen molar-refractivity contribution in [1.82, 2.24) is 0 Å². The van der Waals surface area contributed by atoms with Gasteiger partial charge in [-0.1, -0.05) is 18.2 Å². The molecule has 1 amide bonds. The van der Waals surface area contributed by atoms with E-state index in [1.807, 2.05) is 0 Å². The van der Waals surface area contributed by atoms with Gasteiger partial charge in [0, 0.05) is 12.5 Å². The van der Waals surface area contributed by atoms with Crippen LogP contribution in [-0.2, 0) is 4.79 Å². The first-order chi connectivity index (χ1) is 12.0. The molecule has 0 aliphatic carbocycles. The normalized spacial score (nSPS) is 14.6. The smallest absolute Gasteiger partial charge is 0.318 e. The molecule has 1 aliphatic heterocycles. The summed E-state index contributed by atoms with van der Waals surface area (Å²) in [7, 11) is 1.33. The lowest BCUT2D eigenvalue weighted by Crippen LogP contribution is -2.25. The largest absolute Gasteiger partial charge is 0.490 e. The number of amides is 1. The number of benzene rings is 2. The van der Waals surface area contributed by atoms with Crippen molar-refractivity contribution in [3.05, 3.63) is 69.4 Å². The van der Waals surface area contributed by atoms with Gasteiger partial charge in [-0.05, 0) is 30.3 Å². The van der Waals surface area contributed by atoms with Crippen LogP contribution < -0.4 is 9.64 Å². The van der Waals surface area contributed by atoms with E-state index in [0.717, 1.165) is 0 Å². The highest BCUT2D eigenvalue weighted by molar-refractivity contribution is 6.26. The lowest BCUT2D eigenvalue weighted by molar-refractivity contribution is -0.386. The van der Waals surface area contributed by atoms with Gasteiger partial charge in [0.25, 0.3) is 0 Å². The molecule has 0 unspecified atom stereocenters. The highest BCUT2D eigenvalue weighted by Gasteiger charge is 2.35. The lowest BCUT2D eigenvalue weighted by Gasteiger charge is -2.16. The molecule has 0 N–H and O–H groups in total. The molecule has 0 atom stereocenters. The van der Waals surface area contributed by atoms with Crippen LogP contribution in [0.3, 0.4) is 0 Å². The third-order valence-electron chi connectivity index (χ3n) is 3.90. The van der Waals surface area contributed by atoms with E-state index in [-0.39, 0.29) is 34.4 Å². The second-order valence-corrected chi connectivity index (χ2v) is 5.39. The standard InChI is InChI=1S/C18H14N2O5/c1-11(21)19-14-8-4-3-7-13(14)18(22)15(19)10-12-6-5-9-16(25-2)17(12)20(23)24/h3-10H,1-2H3. The summed E-state index contributed by atoms with van der Waals surface area (Å²) >= 11 is 0. The predicted molar refractivity (Wildman–Crippen MR) is 91.6 cm³/mol. The second-order valence-electron chi connectivity index (χ2n) is 5.39. The summed E-state index contributed by atoms with van der Waals surface area (Å²) in [4.78, 5) is 36.9. The minimum absolute atomic E-state index is 0.0741. The number of methoxy groups -OCH3 is 1. The van der Waals surface area contributed by atoms with Crippen molar-refractivity contribution in [3.63, 3.8) is 0 Å². The van der Waals surface area contributed by atoms with Crippen molar-refractivity contribution in [2.75, 3.05) is 12.0 Å². The Bertz CT molecular complexity index is 933. The summed E-state index contributed by atoms with van der Waals surface area (Å²) in [6.07, 6.45) is 1.35. The van der Waals surface area contributed by atoms with E-state index in [0.29, 0.717) is 11.3 Å². The van der Waals surface area contributed by atoms with Gasteiger partial charge in [0.15, 0.2) is 5.75 Å². The highest BCUT2D eigenvalue weighted by atomic mass is 16.6. The first kappa shape index (κ1) is 16.4. The minimum atomic E-state index is -0.574. The third-order valence-corrected chi connectivity index (χ3v) is 3.90. The number of para-hydroxylation sites is 2. The van der Waals surface area contributed by atoms with Crippen molar-refractivity contribution in [2.45, 2.75) is 6.92 Å². The van der Waals surface area contributed by atoms with Gasteiger partial charge in [0.05, 0.1) is 29.0 Å². The summed E-state index contributed by atoms with van der Waals surface area (Å²) in [6, 6.07) is 11.3. The Morgan fingerprint density at radius 3 is 2.56 bits per heavy atom. The van der Waals surface area contributed by atoms with Crippen LogP contribution in [-0.4, -0.2) is 23.7 Å². The highest BCUT2D eigenvalue weighted by Crippen LogP contribution is 2.38. The Hall–Kier alpha value is -3.48. The molecule has 0 fully saturated rings. The molecule has 126 valence electrons. The summed E-state index contributed by atoms with van der Waals surface area (Å²) in [6.45, 7) is 1.34. The molecule has 0 aromatic heterocycles. The van der Waals surface area contributed by atoms with E-state index >= 15 is 0 Å². The number of nitro benzene ring substituents is 1. The zero-order chi connectivity index (χ0) is 18.1. The summed E-state index contributed by atoms with van der Waals surface area (Å²) in [5, 5.41) is 11.4. The summed E-state index contributed by atoms with van der Waals surface area (Å²) in [5.41, 5.74) is 0.855. The molecular formula is C18H14N2O5. The number of nitrogens with zero attached hydrogens (tertiary/aromatic N) is 2. The number of Topliss-reactive ketones (excluding diaryl/α,β-unsaturated/α-hetero) is 1. The first-order valence-electron chi connectivity index (χ1n) is 7.43. The van der Waals surface area contributed by atoms with Gasteiger partial charge in [0.1, 0.15) is 0 Å². The maximum atomic E-state index is 12.7. The van der Waals surface area contributed by atoms with E-state index < -0.39 is 4.92 Å². The number of carbonyl (C=O) groups is 2. The van der Waals surface area contributed by atoms with Gasteiger partial charge in [-0.15, -0.1) is 0 Å². The van der Waals surface area contributed by atoms with Gasteiger partial charge < -0.3 is 4.74 Å². The van der Waals surface area contributed by atoms with Gasteiger partial charge in [-0.25, -0.2) is 0 Å². The van der Waals surface area contributed by atoms with Gasteiger partial charge in [-0.3, -0.25) is 24.6 Å². The number of hydrogen-bond donors (Lipinski definition) is 0. The van der Waals surface area contributed by atoms with Crippen LogP contribution in [0.25, 0.3) is 6.08 Å². The molecule has 2 aromatic carbocycles. The van der Waals surface area contributed by atoms with Crippen LogP contribution in [0.15, 0.2) is 48.2 Å². The average molecular weight is 338 g/mol. The van der Waals surface area contributed by atoms with Crippen LogP contribution in [0.1, 0.15) is 22.8 Å². The number of nitro groups is 1. The van der Waals surface area contributed by atoms with Gasteiger partial charge >= 0.3 is 5.69 Å². The van der Waals surface area contributed by atoms with E-state index in [4.69, 9.17) is 4.74 Å². The molecule has 0 saturated heterocycles. The zero-order valence-electron chi connectivity index (χ0n) is 13.6. The summed E-state index contributed by atoms with van der Waals surface area (Å²) < 4.78 is 5.04. The second kappa shape index (κ2) is 6.20. The number of allylic oxidation sites excluding steroid dienone is 1. The van der Waals surface area contributed by atoms with E-state index in [2.05, 4.69) is 0 Å². The van der Waals surface area contributed by atoms with Crippen LogP contribution in [0.5, 0.6) is 5.75 Å². The van der Waals surface area contributed by atoms with Crippen LogP contribution in [0, 0.1) is 10.1 Å². The Morgan fingerprint density at radius 2 is 1.92 bits per heavy atom. The third kappa shape index (κ3) is 2.65. The van der Waals surface area contributed by atoms with E-state index in [9.17, 15) is 19.7 Å². The average Bonchev–Trinajstić information content (AvgIpc) is 2.87. The van der Waals surface area contributed by atoms with E-state index in [1.165, 1.54) is 37.1 Å². The number of ether oxygens (including phenoxy) is 1. The number of anilines is 1. The zero-order valence-corrected chi connectivity index (χ0v) is 13.6. The number of rotatable bonds is 3. The first-order valence-corrected chi connectivity index (χ1v) is 7.43. The molecule has 0 saturated carbocycles. The molecule has 1 aliphatic rings. The number of hydrogen-bond acceptors (Lipinski definition) is 5. The van der Waals surface area contributed by atoms with Crippen LogP contribution in [0.2, 0.25) is 0 Å². The Balaban J connectivity index is 2.21. The van der Waals surface area contributed by atoms with Crippen LogP contribution in [0.4, 0.5) is 11.4 Å². The fraction of sp³-hybridized carbons (Fsp3) is 0.111. The molecule has 0 bridgehead atoms. The molecule has 3 rings (SSSR count). The maximum Gasteiger partial charge on any atom is 0.318 e. The molecule has 2 aromatic rings. The van der Waals surface area contributed by atoms with Gasteiger partial charge in [0.2, 0.25) is 11.7 Å². The number of ketones is 1.